The molecular weight excluding hydrogens is 438 g/mol. The number of aromatic nitrogens is 1. The minimum atomic E-state index is -1.23. The van der Waals surface area contributed by atoms with Gasteiger partial charge in [-0.05, 0) is 37.8 Å². The molecule has 0 spiro atoms. The van der Waals surface area contributed by atoms with Crippen LogP contribution < -0.4 is 0 Å². The molecule has 0 amide bonds. The molecule has 182 valence electrons. The SMILES string of the molecule is C/C(=C\c1csc(C)n1)[C@@H]1C/C=C\C=C\C[C@H](C)[C@H](O)[C@@H](C)C(=O)C(C)(C)[C@@H](O)CC(=O)O1. The Labute approximate surface area is 201 Å². The summed E-state index contributed by atoms with van der Waals surface area (Å²) in [6, 6.07) is 0. The highest BCUT2D eigenvalue weighted by Gasteiger charge is 2.42. The second-order valence-corrected chi connectivity index (χ2v) is 10.6. The lowest BCUT2D eigenvalue weighted by Gasteiger charge is -2.34. The van der Waals surface area contributed by atoms with Crippen molar-refractivity contribution in [1.29, 1.82) is 0 Å². The summed E-state index contributed by atoms with van der Waals surface area (Å²) in [6.45, 7) is 10.6. The van der Waals surface area contributed by atoms with Crippen molar-refractivity contribution < 1.29 is 24.5 Å². The van der Waals surface area contributed by atoms with Gasteiger partial charge in [-0.25, -0.2) is 4.98 Å². The first-order valence-corrected chi connectivity index (χ1v) is 12.3. The molecule has 0 bridgehead atoms. The minimum Gasteiger partial charge on any atom is -0.457 e. The van der Waals surface area contributed by atoms with Crippen LogP contribution in [0.25, 0.3) is 6.08 Å². The quantitative estimate of drug-likeness (QED) is 0.604. The highest BCUT2D eigenvalue weighted by Crippen LogP contribution is 2.32. The molecule has 2 heterocycles. The van der Waals surface area contributed by atoms with E-state index < -0.39 is 35.6 Å². The maximum Gasteiger partial charge on any atom is 0.309 e. The van der Waals surface area contributed by atoms with Crippen LogP contribution in [0.3, 0.4) is 0 Å². The van der Waals surface area contributed by atoms with Gasteiger partial charge in [-0.15, -0.1) is 11.3 Å². The number of esters is 1. The van der Waals surface area contributed by atoms with Gasteiger partial charge in [0.2, 0.25) is 0 Å². The molecule has 5 atom stereocenters. The normalized spacial score (nSPS) is 32.2. The highest BCUT2D eigenvalue weighted by molar-refractivity contribution is 7.09. The van der Waals surface area contributed by atoms with Crippen molar-refractivity contribution in [3.63, 3.8) is 0 Å². The van der Waals surface area contributed by atoms with E-state index in [1.807, 2.05) is 56.5 Å². The number of aliphatic hydroxyl groups is 2. The number of hydrogen-bond acceptors (Lipinski definition) is 7. The number of cyclic esters (lactones) is 1. The third-order valence-electron chi connectivity index (χ3n) is 6.37. The molecular formula is C26H37NO5S. The maximum absolute atomic E-state index is 13.1. The van der Waals surface area contributed by atoms with Gasteiger partial charge in [0.25, 0.3) is 0 Å². The van der Waals surface area contributed by atoms with Crippen LogP contribution in [-0.4, -0.2) is 45.3 Å². The molecule has 0 aliphatic carbocycles. The third-order valence-corrected chi connectivity index (χ3v) is 7.16. The first-order chi connectivity index (χ1) is 15.4. The number of ether oxygens (including phenoxy) is 1. The molecule has 2 N–H and O–H groups in total. The van der Waals surface area contributed by atoms with Crippen molar-refractivity contribution in [2.24, 2.45) is 17.3 Å². The Morgan fingerprint density at radius 1 is 1.18 bits per heavy atom. The van der Waals surface area contributed by atoms with E-state index in [4.69, 9.17) is 4.74 Å². The second kappa shape index (κ2) is 11.9. The third kappa shape index (κ3) is 7.45. The Kier molecular flexibility index (Phi) is 9.76. The Hall–Kier alpha value is -2.09. The van der Waals surface area contributed by atoms with E-state index in [1.54, 1.807) is 32.1 Å². The second-order valence-electron chi connectivity index (χ2n) is 9.55. The summed E-state index contributed by atoms with van der Waals surface area (Å²) in [7, 11) is 0. The number of carbonyl (C=O) groups is 2. The fourth-order valence-corrected chi connectivity index (χ4v) is 4.48. The van der Waals surface area contributed by atoms with Crippen molar-refractivity contribution in [3.05, 3.63) is 46.0 Å². The van der Waals surface area contributed by atoms with E-state index in [0.717, 1.165) is 16.3 Å². The number of thiazole rings is 1. The van der Waals surface area contributed by atoms with Gasteiger partial charge in [0.1, 0.15) is 11.9 Å². The summed E-state index contributed by atoms with van der Waals surface area (Å²) < 4.78 is 5.73. The van der Waals surface area contributed by atoms with Crippen LogP contribution in [0.1, 0.15) is 64.6 Å². The lowest BCUT2D eigenvalue weighted by molar-refractivity contribution is -0.154. The van der Waals surface area contributed by atoms with Crippen molar-refractivity contribution in [1.82, 2.24) is 4.98 Å². The number of nitrogens with zero attached hydrogens (tertiary/aromatic N) is 1. The average Bonchev–Trinajstić information content (AvgIpc) is 3.16. The number of Topliss-reactive ketones (excluding diaryl/α,β-unsaturated/α-hetero) is 1. The fraction of sp³-hybridized carbons (Fsp3) is 0.577. The summed E-state index contributed by atoms with van der Waals surface area (Å²) in [6.07, 6.45) is 7.77. The highest BCUT2D eigenvalue weighted by atomic mass is 32.1. The zero-order valence-corrected chi connectivity index (χ0v) is 21.3. The van der Waals surface area contributed by atoms with Gasteiger partial charge in [-0.2, -0.15) is 0 Å². The van der Waals surface area contributed by atoms with Crippen LogP contribution in [0.4, 0.5) is 0 Å². The monoisotopic (exact) mass is 475 g/mol. The molecule has 1 aromatic rings. The smallest absolute Gasteiger partial charge is 0.309 e. The molecule has 2 rings (SSSR count). The van der Waals surface area contributed by atoms with Crippen LogP contribution in [-0.2, 0) is 14.3 Å². The van der Waals surface area contributed by atoms with Crippen molar-refractivity contribution in [2.75, 3.05) is 0 Å². The largest absolute Gasteiger partial charge is 0.457 e. The predicted molar refractivity (Wildman–Crippen MR) is 132 cm³/mol. The number of allylic oxidation sites excluding steroid dienone is 3. The minimum absolute atomic E-state index is 0.126. The van der Waals surface area contributed by atoms with Crippen LogP contribution in [0.2, 0.25) is 0 Å². The summed E-state index contributed by atoms with van der Waals surface area (Å²) in [5.74, 6) is -1.64. The van der Waals surface area contributed by atoms with Crippen molar-refractivity contribution >= 4 is 29.2 Å². The van der Waals surface area contributed by atoms with E-state index in [9.17, 15) is 19.8 Å². The molecule has 6 nitrogen and oxygen atoms in total. The molecule has 1 aliphatic heterocycles. The van der Waals surface area contributed by atoms with Gasteiger partial charge in [0.05, 0.1) is 34.7 Å². The first-order valence-electron chi connectivity index (χ1n) is 11.4. The van der Waals surface area contributed by atoms with E-state index in [-0.39, 0.29) is 18.1 Å². The lowest BCUT2D eigenvalue weighted by atomic mass is 9.73. The average molecular weight is 476 g/mol. The van der Waals surface area contributed by atoms with Crippen molar-refractivity contribution in [3.8, 4) is 0 Å². The topological polar surface area (TPSA) is 96.7 Å². The van der Waals surface area contributed by atoms with Gasteiger partial charge < -0.3 is 14.9 Å². The molecule has 0 radical (unpaired) electrons. The van der Waals surface area contributed by atoms with E-state index >= 15 is 0 Å². The van der Waals surface area contributed by atoms with Gasteiger partial charge >= 0.3 is 5.97 Å². The number of aliphatic hydroxyl groups excluding tert-OH is 2. The molecule has 0 saturated heterocycles. The maximum atomic E-state index is 13.1. The van der Waals surface area contributed by atoms with E-state index in [1.165, 1.54) is 0 Å². The lowest BCUT2D eigenvalue weighted by Crippen LogP contribution is -2.45. The van der Waals surface area contributed by atoms with Crippen LogP contribution in [0, 0.1) is 24.2 Å². The molecule has 1 aliphatic rings. The summed E-state index contributed by atoms with van der Waals surface area (Å²) in [4.78, 5) is 30.3. The van der Waals surface area contributed by atoms with E-state index in [2.05, 4.69) is 4.98 Å². The summed E-state index contributed by atoms with van der Waals surface area (Å²) in [5.41, 5.74) is 0.457. The van der Waals surface area contributed by atoms with Crippen molar-refractivity contribution in [2.45, 2.75) is 79.1 Å². The molecule has 0 fully saturated rings. The zero-order valence-electron chi connectivity index (χ0n) is 20.4. The summed E-state index contributed by atoms with van der Waals surface area (Å²) in [5, 5.41) is 24.3. The summed E-state index contributed by atoms with van der Waals surface area (Å²) >= 11 is 1.55. The molecule has 0 unspecified atom stereocenters. The number of carbonyl (C=O) groups excluding carboxylic acids is 2. The van der Waals surface area contributed by atoms with Gasteiger partial charge in [-0.1, -0.05) is 52.0 Å². The predicted octanol–water partition coefficient (Wildman–Crippen LogP) is 4.65. The standard InChI is InChI=1S/C26H37NO5S/c1-16-11-9-7-8-10-12-21(17(2)13-20-15-33-19(4)27-20)32-23(29)14-22(28)26(5,6)25(31)18(3)24(16)30/h7-10,13,15-16,18,21-22,24,28,30H,11-12,14H2,1-6H3/b9-7+,10-8-,17-13+/t16-,18+,21-,22-,24-/m0/s1. The van der Waals surface area contributed by atoms with Gasteiger partial charge in [-0.3, -0.25) is 9.59 Å². The zero-order chi connectivity index (χ0) is 24.8. The Morgan fingerprint density at radius 2 is 1.82 bits per heavy atom. The van der Waals surface area contributed by atoms with Crippen LogP contribution in [0.15, 0.2) is 35.3 Å². The van der Waals surface area contributed by atoms with Gasteiger partial charge in [0, 0.05) is 17.7 Å². The molecule has 7 heteroatoms. The number of rotatable bonds is 2. The first kappa shape index (κ1) is 27.2. The number of hydrogen-bond donors (Lipinski definition) is 2. The van der Waals surface area contributed by atoms with Crippen LogP contribution >= 0.6 is 11.3 Å². The molecule has 0 aromatic carbocycles. The number of ketones is 1. The number of aryl methyl sites for hydroxylation is 1. The Balaban J connectivity index is 2.32. The fourth-order valence-electron chi connectivity index (χ4n) is 3.91. The van der Waals surface area contributed by atoms with E-state index in [0.29, 0.717) is 12.8 Å². The van der Waals surface area contributed by atoms with Crippen LogP contribution in [0.5, 0.6) is 0 Å². The molecule has 33 heavy (non-hydrogen) atoms. The van der Waals surface area contributed by atoms with Gasteiger partial charge in [0.15, 0.2) is 0 Å². The molecule has 0 saturated carbocycles. The molecule has 1 aromatic heterocycles. The Bertz CT molecular complexity index is 914. The Morgan fingerprint density at radius 3 is 2.42 bits per heavy atom.